The molecule has 1 aromatic carbocycles. The first kappa shape index (κ1) is 23.9. The van der Waals surface area contributed by atoms with Crippen LogP contribution in [0.3, 0.4) is 0 Å². The molecule has 8 heteroatoms. The highest BCUT2D eigenvalue weighted by molar-refractivity contribution is 7.17. The lowest BCUT2D eigenvalue weighted by Gasteiger charge is -2.25. The van der Waals surface area contributed by atoms with E-state index in [-0.39, 0.29) is 31.0 Å². The van der Waals surface area contributed by atoms with Gasteiger partial charge in [0.1, 0.15) is 10.6 Å². The van der Waals surface area contributed by atoms with Crippen LogP contribution in [0.1, 0.15) is 40.6 Å². The monoisotopic (exact) mass is 457 g/mol. The second-order valence-corrected chi connectivity index (χ2v) is 9.46. The van der Waals surface area contributed by atoms with Crippen LogP contribution in [0, 0.1) is 13.8 Å². The van der Waals surface area contributed by atoms with Crippen molar-refractivity contribution in [2.75, 3.05) is 39.1 Å². The fourth-order valence-electron chi connectivity index (χ4n) is 4.04. The Morgan fingerprint density at radius 1 is 1.19 bits per heavy atom. The van der Waals surface area contributed by atoms with Crippen LogP contribution < -0.4 is 5.32 Å². The number of amides is 2. The van der Waals surface area contributed by atoms with Gasteiger partial charge in [-0.15, -0.1) is 11.3 Å². The molecular formula is C24H31N3O4S. The zero-order valence-corrected chi connectivity index (χ0v) is 20.2. The third kappa shape index (κ3) is 5.19. The minimum Gasteiger partial charge on any atom is -0.462 e. The predicted octanol–water partition coefficient (Wildman–Crippen LogP) is 3.70. The fraction of sp³-hybridized carbons (Fsp3) is 0.458. The molecular weight excluding hydrogens is 426 g/mol. The average molecular weight is 458 g/mol. The molecule has 0 unspecified atom stereocenters. The molecule has 172 valence electrons. The molecule has 2 aromatic rings. The number of benzene rings is 1. The normalized spacial score (nSPS) is 16.1. The summed E-state index contributed by atoms with van der Waals surface area (Å²) in [6.45, 7) is 6.75. The van der Waals surface area contributed by atoms with Crippen LogP contribution in [0.5, 0.6) is 0 Å². The zero-order valence-electron chi connectivity index (χ0n) is 19.4. The lowest BCUT2D eigenvalue weighted by Crippen LogP contribution is -2.45. The molecule has 32 heavy (non-hydrogen) atoms. The van der Waals surface area contributed by atoms with E-state index in [0.29, 0.717) is 17.1 Å². The van der Waals surface area contributed by atoms with Crippen LogP contribution in [-0.2, 0) is 14.3 Å². The summed E-state index contributed by atoms with van der Waals surface area (Å²) >= 11 is 1.37. The molecule has 1 fully saturated rings. The van der Waals surface area contributed by atoms with Crippen molar-refractivity contribution >= 4 is 34.1 Å². The third-order valence-electron chi connectivity index (χ3n) is 5.59. The topological polar surface area (TPSA) is 79.0 Å². The number of anilines is 1. The first-order valence-electron chi connectivity index (χ1n) is 10.9. The number of carbonyl (C=O) groups excluding carboxylic acids is 3. The number of aryl methyl sites for hydroxylation is 2. The molecule has 0 aliphatic carbocycles. The van der Waals surface area contributed by atoms with Gasteiger partial charge in [-0.05, 0) is 45.7 Å². The summed E-state index contributed by atoms with van der Waals surface area (Å²) in [5.74, 6) is -0.689. The Kier molecular flexibility index (Phi) is 7.69. The summed E-state index contributed by atoms with van der Waals surface area (Å²) in [5, 5.41) is 3.40. The standard InChI is InChI=1S/C24H31N3O4S/c1-6-31-24(30)21-20(17-11-9-15(2)10-12-17)16(3)32-22(21)25-19(28)14-27-13-7-8-18(27)23(29)26(4)5/h9-12,18H,6-8,13-14H2,1-5H3,(H,25,28)/t18-/m1/s1. The minimum absolute atomic E-state index is 0.0103. The van der Waals surface area contributed by atoms with Crippen LogP contribution >= 0.6 is 11.3 Å². The molecule has 2 heterocycles. The lowest BCUT2D eigenvalue weighted by atomic mass is 10.0. The summed E-state index contributed by atoms with van der Waals surface area (Å²) in [6, 6.07) is 7.65. The van der Waals surface area contributed by atoms with E-state index in [9.17, 15) is 14.4 Å². The van der Waals surface area contributed by atoms with E-state index >= 15 is 0 Å². The van der Waals surface area contributed by atoms with Gasteiger partial charge in [-0.25, -0.2) is 4.79 Å². The number of likely N-dealkylation sites (tertiary alicyclic amines) is 1. The Hall–Kier alpha value is -2.71. The molecule has 7 nitrogen and oxygen atoms in total. The number of thiophene rings is 1. The first-order chi connectivity index (χ1) is 15.2. The minimum atomic E-state index is -0.454. The number of ether oxygens (including phenoxy) is 1. The second-order valence-electron chi connectivity index (χ2n) is 8.23. The summed E-state index contributed by atoms with van der Waals surface area (Å²) < 4.78 is 5.31. The number of carbonyl (C=O) groups is 3. The highest BCUT2D eigenvalue weighted by Gasteiger charge is 2.33. The molecule has 1 aromatic heterocycles. The number of nitrogens with zero attached hydrogens (tertiary/aromatic N) is 2. The predicted molar refractivity (Wildman–Crippen MR) is 127 cm³/mol. The zero-order chi connectivity index (χ0) is 23.4. The molecule has 1 aliphatic rings. The molecule has 1 aliphatic heterocycles. The van der Waals surface area contributed by atoms with Gasteiger partial charge in [0.2, 0.25) is 11.8 Å². The molecule has 0 radical (unpaired) electrons. The number of hydrogen-bond acceptors (Lipinski definition) is 6. The molecule has 0 spiro atoms. The van der Waals surface area contributed by atoms with Crippen LogP contribution in [0.15, 0.2) is 24.3 Å². The fourth-order valence-corrected chi connectivity index (χ4v) is 5.12. The Morgan fingerprint density at radius 3 is 2.50 bits per heavy atom. The Labute approximate surface area is 193 Å². The van der Waals surface area contributed by atoms with Crippen molar-refractivity contribution < 1.29 is 19.1 Å². The van der Waals surface area contributed by atoms with E-state index < -0.39 is 5.97 Å². The van der Waals surface area contributed by atoms with E-state index in [1.165, 1.54) is 11.3 Å². The van der Waals surface area contributed by atoms with Gasteiger partial charge >= 0.3 is 5.97 Å². The average Bonchev–Trinajstić information content (AvgIpc) is 3.32. The van der Waals surface area contributed by atoms with E-state index in [2.05, 4.69) is 5.32 Å². The highest BCUT2D eigenvalue weighted by atomic mass is 32.1. The third-order valence-corrected chi connectivity index (χ3v) is 6.61. The van der Waals surface area contributed by atoms with Crippen LogP contribution in [0.4, 0.5) is 5.00 Å². The van der Waals surface area contributed by atoms with Crippen molar-refractivity contribution in [3.63, 3.8) is 0 Å². The number of likely N-dealkylation sites (N-methyl/N-ethyl adjacent to an activating group) is 1. The van der Waals surface area contributed by atoms with Gasteiger partial charge in [0.15, 0.2) is 0 Å². The summed E-state index contributed by atoms with van der Waals surface area (Å²) in [7, 11) is 3.46. The van der Waals surface area contributed by atoms with Gasteiger partial charge < -0.3 is 15.0 Å². The molecule has 1 N–H and O–H groups in total. The molecule has 1 saturated heterocycles. The smallest absolute Gasteiger partial charge is 0.341 e. The maximum absolute atomic E-state index is 12.9. The highest BCUT2D eigenvalue weighted by Crippen LogP contribution is 2.40. The van der Waals surface area contributed by atoms with Crippen molar-refractivity contribution in [2.45, 2.75) is 39.7 Å². The van der Waals surface area contributed by atoms with E-state index in [4.69, 9.17) is 4.74 Å². The van der Waals surface area contributed by atoms with Gasteiger partial charge in [0.05, 0.1) is 19.2 Å². The van der Waals surface area contributed by atoms with Crippen molar-refractivity contribution in [1.29, 1.82) is 0 Å². The van der Waals surface area contributed by atoms with E-state index in [1.54, 1.807) is 25.9 Å². The van der Waals surface area contributed by atoms with Gasteiger partial charge in [-0.2, -0.15) is 0 Å². The summed E-state index contributed by atoms with van der Waals surface area (Å²) in [6.07, 6.45) is 1.62. The summed E-state index contributed by atoms with van der Waals surface area (Å²) in [5.41, 5.74) is 3.20. The lowest BCUT2D eigenvalue weighted by molar-refractivity contribution is -0.133. The maximum Gasteiger partial charge on any atom is 0.341 e. The quantitative estimate of drug-likeness (QED) is 0.642. The van der Waals surface area contributed by atoms with Crippen LogP contribution in [0.2, 0.25) is 0 Å². The van der Waals surface area contributed by atoms with Crippen LogP contribution in [-0.4, -0.2) is 67.4 Å². The van der Waals surface area contributed by atoms with Crippen LogP contribution in [0.25, 0.3) is 11.1 Å². The SMILES string of the molecule is CCOC(=O)c1c(NC(=O)CN2CCC[C@@H]2C(=O)N(C)C)sc(C)c1-c1ccc(C)cc1. The molecule has 3 rings (SSSR count). The number of rotatable bonds is 7. The first-order valence-corrected chi connectivity index (χ1v) is 11.7. The van der Waals surface area contributed by atoms with Crippen molar-refractivity contribution in [3.05, 3.63) is 40.3 Å². The second kappa shape index (κ2) is 10.3. The van der Waals surface area contributed by atoms with Crippen molar-refractivity contribution in [1.82, 2.24) is 9.80 Å². The van der Waals surface area contributed by atoms with Gasteiger partial charge in [0, 0.05) is 24.5 Å². The van der Waals surface area contributed by atoms with E-state index in [0.717, 1.165) is 34.4 Å². The Bertz CT molecular complexity index is 997. The molecule has 2 amide bonds. The number of hydrogen-bond donors (Lipinski definition) is 1. The largest absolute Gasteiger partial charge is 0.462 e. The number of esters is 1. The number of nitrogens with one attached hydrogen (secondary N) is 1. The summed E-state index contributed by atoms with van der Waals surface area (Å²) in [4.78, 5) is 42.6. The maximum atomic E-state index is 12.9. The van der Waals surface area contributed by atoms with Gasteiger partial charge in [-0.1, -0.05) is 29.8 Å². The molecule has 1 atom stereocenters. The molecule has 0 bridgehead atoms. The van der Waals surface area contributed by atoms with Crippen molar-refractivity contribution in [3.8, 4) is 11.1 Å². The van der Waals surface area contributed by atoms with Crippen molar-refractivity contribution in [2.24, 2.45) is 0 Å². The van der Waals surface area contributed by atoms with Gasteiger partial charge in [0.25, 0.3) is 0 Å². The Balaban J connectivity index is 1.86. The molecule has 0 saturated carbocycles. The van der Waals surface area contributed by atoms with E-state index in [1.807, 2.05) is 43.0 Å². The Morgan fingerprint density at radius 2 is 1.88 bits per heavy atom. The van der Waals surface area contributed by atoms with Gasteiger partial charge in [-0.3, -0.25) is 14.5 Å².